The largest absolute Gasteiger partial charge is 0.453 e. The van der Waals surface area contributed by atoms with Crippen LogP contribution in [0.5, 0.6) is 0 Å². The number of halogens is 1. The Kier molecular flexibility index (Phi) is 2.55. The van der Waals surface area contributed by atoms with E-state index in [0.717, 1.165) is 5.39 Å². The first-order chi connectivity index (χ1) is 7.39. The molecular weight excluding hydrogens is 224 g/mol. The smallest absolute Gasteiger partial charge is 0.203 e. The molecule has 0 aliphatic rings. The highest BCUT2D eigenvalue weighted by atomic mass is 35.5. The van der Waals surface area contributed by atoms with Crippen LogP contribution < -0.4 is 0 Å². The van der Waals surface area contributed by atoms with E-state index < -0.39 is 5.41 Å². The summed E-state index contributed by atoms with van der Waals surface area (Å²) in [5.74, 6) is 0.357. The van der Waals surface area contributed by atoms with Crippen LogP contribution in [0.25, 0.3) is 11.0 Å². The molecule has 0 atom stereocenters. The third-order valence-corrected chi connectivity index (χ3v) is 2.74. The van der Waals surface area contributed by atoms with Gasteiger partial charge in [-0.15, -0.1) is 0 Å². The minimum Gasteiger partial charge on any atom is -0.453 e. The van der Waals surface area contributed by atoms with E-state index in [4.69, 9.17) is 16.0 Å². The Balaban J connectivity index is 2.56. The third-order valence-electron chi connectivity index (χ3n) is 2.41. The van der Waals surface area contributed by atoms with Crippen LogP contribution in [-0.4, -0.2) is 5.78 Å². The first-order valence-electron chi connectivity index (χ1n) is 5.12. The van der Waals surface area contributed by atoms with Crippen molar-refractivity contribution in [3.63, 3.8) is 0 Å². The molecule has 0 fully saturated rings. The molecule has 3 heteroatoms. The summed E-state index contributed by atoms with van der Waals surface area (Å²) < 4.78 is 5.50. The normalized spacial score (nSPS) is 12.0. The molecule has 0 aliphatic carbocycles. The predicted octanol–water partition coefficient (Wildman–Crippen LogP) is 4.32. The summed E-state index contributed by atoms with van der Waals surface area (Å²) in [4.78, 5) is 12.0. The van der Waals surface area contributed by atoms with E-state index in [2.05, 4.69) is 0 Å². The van der Waals surface area contributed by atoms with Gasteiger partial charge >= 0.3 is 0 Å². The average Bonchev–Trinajstić information content (AvgIpc) is 2.60. The van der Waals surface area contributed by atoms with Crippen LogP contribution in [0.4, 0.5) is 0 Å². The van der Waals surface area contributed by atoms with E-state index in [0.29, 0.717) is 16.4 Å². The molecule has 1 heterocycles. The Morgan fingerprint density at radius 1 is 1.31 bits per heavy atom. The number of furan rings is 1. The zero-order valence-electron chi connectivity index (χ0n) is 9.50. The van der Waals surface area contributed by atoms with Crippen LogP contribution in [0.1, 0.15) is 31.3 Å². The molecular formula is C13H13ClO2. The van der Waals surface area contributed by atoms with Gasteiger partial charge in [0.15, 0.2) is 5.76 Å². The fraction of sp³-hybridized carbons (Fsp3) is 0.308. The van der Waals surface area contributed by atoms with E-state index in [1.165, 1.54) is 0 Å². The van der Waals surface area contributed by atoms with Crippen molar-refractivity contribution in [2.45, 2.75) is 20.8 Å². The van der Waals surface area contributed by atoms with Gasteiger partial charge in [0.25, 0.3) is 0 Å². The van der Waals surface area contributed by atoms with Gasteiger partial charge in [-0.05, 0) is 18.2 Å². The molecule has 2 nitrogen and oxygen atoms in total. The van der Waals surface area contributed by atoms with E-state index in [9.17, 15) is 4.79 Å². The van der Waals surface area contributed by atoms with Gasteiger partial charge in [-0.25, -0.2) is 0 Å². The maximum atomic E-state index is 12.0. The Morgan fingerprint density at radius 3 is 2.56 bits per heavy atom. The number of benzene rings is 1. The number of carbonyl (C=O) groups excluding carboxylic acids is 1. The number of hydrogen-bond donors (Lipinski definition) is 0. The van der Waals surface area contributed by atoms with E-state index in [-0.39, 0.29) is 5.78 Å². The van der Waals surface area contributed by atoms with Crippen molar-refractivity contribution in [3.05, 3.63) is 35.0 Å². The van der Waals surface area contributed by atoms with Gasteiger partial charge in [0.2, 0.25) is 5.78 Å². The van der Waals surface area contributed by atoms with Gasteiger partial charge in [0.05, 0.1) is 5.02 Å². The van der Waals surface area contributed by atoms with Crippen molar-refractivity contribution in [2.24, 2.45) is 5.41 Å². The van der Waals surface area contributed by atoms with Gasteiger partial charge in [-0.3, -0.25) is 4.79 Å². The van der Waals surface area contributed by atoms with Crippen LogP contribution in [0, 0.1) is 5.41 Å². The Hall–Kier alpha value is -1.28. The molecule has 1 aromatic heterocycles. The molecule has 0 bridgehead atoms. The average molecular weight is 237 g/mol. The summed E-state index contributed by atoms with van der Waals surface area (Å²) in [5.41, 5.74) is 0.209. The lowest BCUT2D eigenvalue weighted by Crippen LogP contribution is -2.19. The molecule has 2 rings (SSSR count). The summed E-state index contributed by atoms with van der Waals surface area (Å²) in [6.45, 7) is 5.60. The first kappa shape index (κ1) is 11.2. The standard InChI is InChI=1S/C13H13ClO2/c1-13(2,3)12(15)11-7-8-9(14)5-4-6-10(8)16-11/h4-7H,1-3H3. The van der Waals surface area contributed by atoms with Crippen molar-refractivity contribution in [1.29, 1.82) is 0 Å². The van der Waals surface area contributed by atoms with Gasteiger partial charge in [-0.2, -0.15) is 0 Å². The van der Waals surface area contributed by atoms with Crippen molar-refractivity contribution >= 4 is 28.4 Å². The number of hydrogen-bond acceptors (Lipinski definition) is 2. The van der Waals surface area contributed by atoms with Gasteiger partial charge in [0.1, 0.15) is 5.58 Å². The molecule has 0 unspecified atom stereocenters. The number of rotatable bonds is 1. The zero-order chi connectivity index (χ0) is 11.9. The Bertz CT molecular complexity index is 547. The van der Waals surface area contributed by atoms with Crippen molar-refractivity contribution in [3.8, 4) is 0 Å². The third kappa shape index (κ3) is 1.85. The van der Waals surface area contributed by atoms with Gasteiger partial charge in [0, 0.05) is 10.8 Å². The molecule has 1 aromatic carbocycles. The van der Waals surface area contributed by atoms with Gasteiger partial charge < -0.3 is 4.42 Å². The fourth-order valence-corrected chi connectivity index (χ4v) is 1.73. The number of fused-ring (bicyclic) bond motifs is 1. The monoisotopic (exact) mass is 236 g/mol. The Morgan fingerprint density at radius 2 is 2.00 bits per heavy atom. The minimum absolute atomic E-state index is 0.0141. The quantitative estimate of drug-likeness (QED) is 0.691. The minimum atomic E-state index is -0.444. The predicted molar refractivity (Wildman–Crippen MR) is 65.0 cm³/mol. The molecule has 0 amide bonds. The summed E-state index contributed by atoms with van der Waals surface area (Å²) in [6.07, 6.45) is 0. The van der Waals surface area contributed by atoms with Crippen molar-refractivity contribution in [2.75, 3.05) is 0 Å². The lowest BCUT2D eigenvalue weighted by molar-refractivity contribution is 0.0831. The molecule has 0 saturated heterocycles. The molecule has 0 spiro atoms. The van der Waals surface area contributed by atoms with Crippen LogP contribution in [0.15, 0.2) is 28.7 Å². The summed E-state index contributed by atoms with van der Waals surface area (Å²) in [6, 6.07) is 7.11. The molecule has 0 aliphatic heterocycles. The number of carbonyl (C=O) groups is 1. The van der Waals surface area contributed by atoms with E-state index in [1.807, 2.05) is 20.8 Å². The zero-order valence-corrected chi connectivity index (χ0v) is 10.3. The lowest BCUT2D eigenvalue weighted by Gasteiger charge is -2.13. The second-order valence-electron chi connectivity index (χ2n) is 4.84. The summed E-state index contributed by atoms with van der Waals surface area (Å²) >= 11 is 6.02. The Labute approximate surface area is 99.2 Å². The molecule has 0 N–H and O–H groups in total. The topological polar surface area (TPSA) is 30.2 Å². The lowest BCUT2D eigenvalue weighted by atomic mass is 9.89. The van der Waals surface area contributed by atoms with E-state index in [1.54, 1.807) is 24.3 Å². The second-order valence-corrected chi connectivity index (χ2v) is 5.25. The van der Waals surface area contributed by atoms with Crippen molar-refractivity contribution < 1.29 is 9.21 Å². The maximum Gasteiger partial charge on any atom is 0.203 e. The maximum absolute atomic E-state index is 12.0. The van der Waals surface area contributed by atoms with Crippen molar-refractivity contribution in [1.82, 2.24) is 0 Å². The highest BCUT2D eigenvalue weighted by Gasteiger charge is 2.26. The SMILES string of the molecule is CC(C)(C)C(=O)c1cc2c(Cl)cccc2o1. The highest BCUT2D eigenvalue weighted by molar-refractivity contribution is 6.35. The van der Waals surface area contributed by atoms with Gasteiger partial charge in [-0.1, -0.05) is 38.4 Å². The van der Waals surface area contributed by atoms with Crippen LogP contribution in [-0.2, 0) is 0 Å². The van der Waals surface area contributed by atoms with Crippen LogP contribution in [0.3, 0.4) is 0 Å². The molecule has 0 saturated carbocycles. The summed E-state index contributed by atoms with van der Waals surface area (Å²) in [5, 5.41) is 1.39. The molecule has 84 valence electrons. The second kappa shape index (κ2) is 3.63. The molecule has 2 aromatic rings. The highest BCUT2D eigenvalue weighted by Crippen LogP contribution is 2.30. The number of Topliss-reactive ketones (excluding diaryl/α,β-unsaturated/α-hetero) is 1. The van der Waals surface area contributed by atoms with Crippen LogP contribution >= 0.6 is 11.6 Å². The summed E-state index contributed by atoms with van der Waals surface area (Å²) in [7, 11) is 0. The molecule has 16 heavy (non-hydrogen) atoms. The number of ketones is 1. The van der Waals surface area contributed by atoms with Crippen LogP contribution in [0.2, 0.25) is 5.02 Å². The van der Waals surface area contributed by atoms with E-state index >= 15 is 0 Å². The fourth-order valence-electron chi connectivity index (χ4n) is 1.51. The first-order valence-corrected chi connectivity index (χ1v) is 5.50. The molecule has 0 radical (unpaired) electrons.